The molecule has 1 N–H and O–H groups in total. The smallest absolute Gasteiger partial charge is 0.165 e. The van der Waals surface area contributed by atoms with E-state index in [4.69, 9.17) is 4.74 Å². The molecule has 0 unspecified atom stereocenters. The predicted molar refractivity (Wildman–Crippen MR) is 65.8 cm³/mol. The molecule has 0 aliphatic carbocycles. The molecule has 1 aliphatic rings. The second kappa shape index (κ2) is 4.06. The van der Waals surface area contributed by atoms with Crippen LogP contribution in [0.4, 0.5) is 0 Å². The first-order valence-electron chi connectivity index (χ1n) is 6.01. The average Bonchev–Trinajstić information content (AvgIpc) is 2.53. The Kier molecular flexibility index (Phi) is 2.86. The zero-order valence-electron chi connectivity index (χ0n) is 10.5. The van der Waals surface area contributed by atoms with Gasteiger partial charge in [0.1, 0.15) is 5.60 Å². The minimum atomic E-state index is -0.299. The molecular formula is C14H18O3. The molecule has 1 heterocycles. The zero-order chi connectivity index (χ0) is 12.6. The van der Waals surface area contributed by atoms with E-state index in [-0.39, 0.29) is 17.1 Å². The summed E-state index contributed by atoms with van der Waals surface area (Å²) in [5.41, 5.74) is 1.21. The maximum atomic E-state index is 11.8. The van der Waals surface area contributed by atoms with Crippen LogP contribution in [0.25, 0.3) is 0 Å². The van der Waals surface area contributed by atoms with Gasteiger partial charge in [0.2, 0.25) is 0 Å². The number of hydrogen-bond donors (Lipinski definition) is 1. The van der Waals surface area contributed by atoms with E-state index in [1.165, 1.54) is 6.07 Å². The Labute approximate surface area is 101 Å². The van der Waals surface area contributed by atoms with Crippen LogP contribution in [-0.2, 0) is 6.42 Å². The van der Waals surface area contributed by atoms with Crippen LogP contribution in [0.3, 0.4) is 0 Å². The lowest BCUT2D eigenvalue weighted by atomic mass is 9.98. The molecule has 0 radical (unpaired) electrons. The Morgan fingerprint density at radius 3 is 2.82 bits per heavy atom. The fourth-order valence-electron chi connectivity index (χ4n) is 2.22. The van der Waals surface area contributed by atoms with Gasteiger partial charge >= 0.3 is 0 Å². The number of phenols is 1. The minimum Gasteiger partial charge on any atom is -0.504 e. The number of carbonyl (C=O) groups is 1. The molecule has 0 spiro atoms. The summed E-state index contributed by atoms with van der Waals surface area (Å²) in [5, 5.41) is 9.88. The Bertz CT molecular complexity index is 461. The molecule has 0 atom stereocenters. The third-order valence-corrected chi connectivity index (χ3v) is 2.94. The number of ether oxygens (including phenoxy) is 1. The molecule has 0 amide bonds. The molecule has 0 saturated carbocycles. The van der Waals surface area contributed by atoms with Crippen molar-refractivity contribution < 1.29 is 14.6 Å². The standard InChI is InChI=1S/C14H18O3/c1-4-5-11(15)9-6-10-8-14(2,3)17-13(10)12(16)7-9/h6-7,16H,4-5,8H2,1-3H3. The van der Waals surface area contributed by atoms with Gasteiger partial charge in [-0.15, -0.1) is 0 Å². The third-order valence-electron chi connectivity index (χ3n) is 2.94. The average molecular weight is 234 g/mol. The first-order chi connectivity index (χ1) is 7.93. The van der Waals surface area contributed by atoms with E-state index in [1.807, 2.05) is 26.8 Å². The molecule has 3 nitrogen and oxygen atoms in total. The van der Waals surface area contributed by atoms with Crippen molar-refractivity contribution >= 4 is 5.78 Å². The van der Waals surface area contributed by atoms with Gasteiger partial charge in [-0.2, -0.15) is 0 Å². The summed E-state index contributed by atoms with van der Waals surface area (Å²) in [6.07, 6.45) is 2.06. The second-order valence-electron chi connectivity index (χ2n) is 5.20. The van der Waals surface area contributed by atoms with E-state index in [2.05, 4.69) is 0 Å². The highest BCUT2D eigenvalue weighted by atomic mass is 16.5. The van der Waals surface area contributed by atoms with Crippen molar-refractivity contribution in [2.45, 2.75) is 45.6 Å². The molecule has 0 aromatic heterocycles. The number of aromatic hydroxyl groups is 1. The largest absolute Gasteiger partial charge is 0.504 e. The number of Topliss-reactive ketones (excluding diaryl/α,β-unsaturated/α-hetero) is 1. The second-order valence-corrected chi connectivity index (χ2v) is 5.20. The van der Waals surface area contributed by atoms with Crippen LogP contribution in [0.2, 0.25) is 0 Å². The van der Waals surface area contributed by atoms with Gasteiger partial charge in [0.05, 0.1) is 0 Å². The van der Waals surface area contributed by atoms with Crippen molar-refractivity contribution in [3.05, 3.63) is 23.3 Å². The molecule has 0 bridgehead atoms. The van der Waals surface area contributed by atoms with Gasteiger partial charge in [0, 0.05) is 24.0 Å². The summed E-state index contributed by atoms with van der Waals surface area (Å²) in [7, 11) is 0. The number of carbonyl (C=O) groups excluding carboxylic acids is 1. The van der Waals surface area contributed by atoms with Crippen molar-refractivity contribution in [1.29, 1.82) is 0 Å². The van der Waals surface area contributed by atoms with Crippen molar-refractivity contribution in [2.75, 3.05) is 0 Å². The van der Waals surface area contributed by atoms with E-state index in [0.29, 0.717) is 17.7 Å². The molecule has 2 rings (SSSR count). The van der Waals surface area contributed by atoms with Gasteiger partial charge < -0.3 is 9.84 Å². The van der Waals surface area contributed by atoms with Gasteiger partial charge in [-0.25, -0.2) is 0 Å². The van der Waals surface area contributed by atoms with E-state index >= 15 is 0 Å². The van der Waals surface area contributed by atoms with Crippen LogP contribution in [0, 0.1) is 0 Å². The number of benzene rings is 1. The molecule has 3 heteroatoms. The van der Waals surface area contributed by atoms with Crippen LogP contribution in [0.15, 0.2) is 12.1 Å². The third kappa shape index (κ3) is 2.28. The summed E-state index contributed by atoms with van der Waals surface area (Å²) >= 11 is 0. The van der Waals surface area contributed by atoms with Crippen molar-refractivity contribution in [3.8, 4) is 11.5 Å². The van der Waals surface area contributed by atoms with Crippen LogP contribution in [0.5, 0.6) is 11.5 Å². The summed E-state index contributed by atoms with van der Waals surface area (Å²) in [5.74, 6) is 0.686. The Morgan fingerprint density at radius 1 is 1.47 bits per heavy atom. The fraction of sp³-hybridized carbons (Fsp3) is 0.500. The first-order valence-corrected chi connectivity index (χ1v) is 6.01. The molecule has 1 aromatic carbocycles. The summed E-state index contributed by atoms with van der Waals surface area (Å²) < 4.78 is 5.66. The van der Waals surface area contributed by atoms with Crippen LogP contribution in [0.1, 0.15) is 49.5 Å². The number of rotatable bonds is 3. The maximum absolute atomic E-state index is 11.8. The SMILES string of the molecule is CCCC(=O)c1cc(O)c2c(c1)CC(C)(C)O2. The highest BCUT2D eigenvalue weighted by Gasteiger charge is 2.32. The fourth-order valence-corrected chi connectivity index (χ4v) is 2.22. The lowest BCUT2D eigenvalue weighted by Gasteiger charge is -2.17. The highest BCUT2D eigenvalue weighted by molar-refractivity contribution is 5.97. The molecular weight excluding hydrogens is 216 g/mol. The van der Waals surface area contributed by atoms with Crippen molar-refractivity contribution in [1.82, 2.24) is 0 Å². The maximum Gasteiger partial charge on any atom is 0.165 e. The molecule has 0 saturated heterocycles. The van der Waals surface area contributed by atoms with E-state index in [9.17, 15) is 9.90 Å². The molecule has 1 aliphatic heterocycles. The van der Waals surface area contributed by atoms with Gasteiger partial charge in [0.25, 0.3) is 0 Å². The lowest BCUT2D eigenvalue weighted by Crippen LogP contribution is -2.24. The molecule has 92 valence electrons. The van der Waals surface area contributed by atoms with Crippen LogP contribution in [-0.4, -0.2) is 16.5 Å². The monoisotopic (exact) mass is 234 g/mol. The van der Waals surface area contributed by atoms with Gasteiger partial charge in [-0.05, 0) is 32.4 Å². The Balaban J connectivity index is 2.37. The van der Waals surface area contributed by atoms with E-state index in [0.717, 1.165) is 18.4 Å². The van der Waals surface area contributed by atoms with Crippen LogP contribution >= 0.6 is 0 Å². The number of fused-ring (bicyclic) bond motifs is 1. The molecule has 1 aromatic rings. The zero-order valence-corrected chi connectivity index (χ0v) is 10.5. The Morgan fingerprint density at radius 2 is 2.18 bits per heavy atom. The van der Waals surface area contributed by atoms with Gasteiger partial charge in [0.15, 0.2) is 17.3 Å². The summed E-state index contributed by atoms with van der Waals surface area (Å²) in [6, 6.07) is 3.36. The van der Waals surface area contributed by atoms with Crippen molar-refractivity contribution in [2.24, 2.45) is 0 Å². The van der Waals surface area contributed by atoms with Crippen LogP contribution < -0.4 is 4.74 Å². The predicted octanol–water partition coefficient (Wildman–Crippen LogP) is 3.09. The number of hydrogen-bond acceptors (Lipinski definition) is 3. The van der Waals surface area contributed by atoms with Gasteiger partial charge in [-0.3, -0.25) is 4.79 Å². The van der Waals surface area contributed by atoms with E-state index in [1.54, 1.807) is 0 Å². The lowest BCUT2D eigenvalue weighted by molar-refractivity contribution is 0.0981. The number of ketones is 1. The highest BCUT2D eigenvalue weighted by Crippen LogP contribution is 2.42. The normalized spacial score (nSPS) is 16.4. The number of phenolic OH excluding ortho intramolecular Hbond substituents is 1. The Hall–Kier alpha value is -1.51. The summed E-state index contributed by atoms with van der Waals surface area (Å²) in [4.78, 5) is 11.8. The summed E-state index contributed by atoms with van der Waals surface area (Å²) in [6.45, 7) is 5.91. The van der Waals surface area contributed by atoms with Gasteiger partial charge in [-0.1, -0.05) is 6.92 Å². The first kappa shape index (κ1) is 12.0. The van der Waals surface area contributed by atoms with Crippen molar-refractivity contribution in [3.63, 3.8) is 0 Å². The molecule has 0 fully saturated rings. The quantitative estimate of drug-likeness (QED) is 0.817. The van der Waals surface area contributed by atoms with E-state index < -0.39 is 0 Å². The topological polar surface area (TPSA) is 46.5 Å². The molecule has 17 heavy (non-hydrogen) atoms. The minimum absolute atomic E-state index is 0.0764.